The molecule has 0 radical (unpaired) electrons. The van der Waals surface area contributed by atoms with Gasteiger partial charge in [-0.3, -0.25) is 9.59 Å². The average Bonchev–Trinajstić information content (AvgIpc) is 3.05. The third kappa shape index (κ3) is 3.69. The number of aldehydes is 2. The van der Waals surface area contributed by atoms with Gasteiger partial charge >= 0.3 is 0 Å². The molecule has 2 aromatic rings. The topological polar surface area (TPSA) is 53.2 Å². The summed E-state index contributed by atoms with van der Waals surface area (Å²) in [5, 5.41) is 1.28. The van der Waals surface area contributed by atoms with E-state index in [9.17, 15) is 9.59 Å². The van der Waals surface area contributed by atoms with Crippen LogP contribution in [-0.4, -0.2) is 29.0 Å². The molecule has 1 unspecified atom stereocenters. The molecule has 3 rings (SSSR count). The number of nitrogens with zero attached hydrogens (tertiary/aromatic N) is 1. The Bertz CT molecular complexity index is 902. The average molecular weight is 348 g/mol. The first kappa shape index (κ1) is 17.9. The summed E-state index contributed by atoms with van der Waals surface area (Å²) in [5.41, 5.74) is 5.17. The number of aromatic nitrogens is 1. The number of benzene rings is 1. The molecule has 0 bridgehead atoms. The number of aromatic amines is 1. The van der Waals surface area contributed by atoms with Crippen molar-refractivity contribution in [2.24, 2.45) is 0 Å². The van der Waals surface area contributed by atoms with Crippen LogP contribution in [0, 0.1) is 0 Å². The van der Waals surface area contributed by atoms with Crippen LogP contribution in [0.25, 0.3) is 10.9 Å². The van der Waals surface area contributed by atoms with Crippen LogP contribution >= 0.6 is 0 Å². The van der Waals surface area contributed by atoms with Crippen LogP contribution in [0.15, 0.2) is 59.8 Å². The lowest BCUT2D eigenvalue weighted by Gasteiger charge is -2.34. The first-order valence-electron chi connectivity index (χ1n) is 8.91. The number of nitrogens with one attached hydrogen (secondary N) is 1. The molecule has 2 heterocycles. The molecule has 26 heavy (non-hydrogen) atoms. The van der Waals surface area contributed by atoms with E-state index in [1.54, 1.807) is 6.92 Å². The third-order valence-corrected chi connectivity index (χ3v) is 4.87. The Balaban J connectivity index is 1.97. The molecule has 1 aromatic heterocycles. The summed E-state index contributed by atoms with van der Waals surface area (Å²) >= 11 is 0. The van der Waals surface area contributed by atoms with Crippen molar-refractivity contribution in [2.75, 3.05) is 6.54 Å². The molecule has 0 amide bonds. The number of carbonyl (C=O) groups excluding carboxylic acids is 2. The lowest BCUT2D eigenvalue weighted by atomic mass is 9.95. The van der Waals surface area contributed by atoms with Gasteiger partial charge in [-0.1, -0.05) is 30.4 Å². The Kier molecular flexibility index (Phi) is 5.52. The lowest BCUT2D eigenvalue weighted by Crippen LogP contribution is -2.31. The summed E-state index contributed by atoms with van der Waals surface area (Å²) in [6.45, 7) is 4.52. The highest BCUT2D eigenvalue weighted by molar-refractivity contribution is 5.85. The highest BCUT2D eigenvalue weighted by Crippen LogP contribution is 2.36. The maximum Gasteiger partial charge on any atom is 0.145 e. The van der Waals surface area contributed by atoms with Crippen LogP contribution in [0.3, 0.4) is 0 Å². The number of fused-ring (bicyclic) bond motifs is 3. The zero-order valence-corrected chi connectivity index (χ0v) is 15.2. The summed E-state index contributed by atoms with van der Waals surface area (Å²) in [6, 6.07) is 8.52. The van der Waals surface area contributed by atoms with Gasteiger partial charge in [0.05, 0.1) is 6.04 Å². The zero-order valence-electron chi connectivity index (χ0n) is 15.2. The molecule has 0 fully saturated rings. The molecule has 1 aliphatic rings. The van der Waals surface area contributed by atoms with Crippen molar-refractivity contribution in [3.8, 4) is 0 Å². The van der Waals surface area contributed by atoms with Crippen LogP contribution in [0.1, 0.15) is 37.6 Å². The van der Waals surface area contributed by atoms with Crippen molar-refractivity contribution in [1.29, 1.82) is 0 Å². The van der Waals surface area contributed by atoms with Crippen LogP contribution < -0.4 is 0 Å². The Hall–Kier alpha value is -2.88. The van der Waals surface area contributed by atoms with Crippen LogP contribution in [-0.2, 0) is 16.0 Å². The van der Waals surface area contributed by atoms with E-state index >= 15 is 0 Å². The van der Waals surface area contributed by atoms with Crippen molar-refractivity contribution >= 4 is 23.5 Å². The molecule has 0 saturated heterocycles. The van der Waals surface area contributed by atoms with Gasteiger partial charge < -0.3 is 9.88 Å². The van der Waals surface area contributed by atoms with Gasteiger partial charge in [-0.05, 0) is 61.7 Å². The molecule has 1 atom stereocenters. The molecule has 134 valence electrons. The second-order valence-corrected chi connectivity index (χ2v) is 6.74. The minimum Gasteiger partial charge on any atom is -0.368 e. The molecule has 1 N–H and O–H groups in total. The quantitative estimate of drug-likeness (QED) is 0.482. The van der Waals surface area contributed by atoms with Crippen LogP contribution in [0.4, 0.5) is 0 Å². The van der Waals surface area contributed by atoms with E-state index < -0.39 is 0 Å². The Morgan fingerprint density at radius 3 is 2.73 bits per heavy atom. The highest BCUT2D eigenvalue weighted by Gasteiger charge is 2.27. The minimum atomic E-state index is 0.141. The van der Waals surface area contributed by atoms with Crippen LogP contribution in [0.2, 0.25) is 0 Å². The maximum atomic E-state index is 11.0. The number of para-hydroxylation sites is 1. The predicted molar refractivity (Wildman–Crippen MR) is 105 cm³/mol. The van der Waals surface area contributed by atoms with Gasteiger partial charge in [-0.25, -0.2) is 0 Å². The van der Waals surface area contributed by atoms with Gasteiger partial charge in [0.2, 0.25) is 0 Å². The van der Waals surface area contributed by atoms with Crippen LogP contribution in [0.5, 0.6) is 0 Å². The molecular weight excluding hydrogens is 324 g/mol. The van der Waals surface area contributed by atoms with Crippen molar-refractivity contribution in [2.45, 2.75) is 32.7 Å². The Morgan fingerprint density at radius 2 is 1.96 bits per heavy atom. The molecule has 0 spiro atoms. The second kappa shape index (κ2) is 8.00. The van der Waals surface area contributed by atoms with Crippen molar-refractivity contribution < 1.29 is 9.59 Å². The fourth-order valence-corrected chi connectivity index (χ4v) is 3.46. The number of rotatable bonds is 6. The number of hydrogen-bond donors (Lipinski definition) is 1. The molecule has 1 aromatic carbocycles. The first-order valence-corrected chi connectivity index (χ1v) is 8.91. The number of hydrogen-bond acceptors (Lipinski definition) is 3. The van der Waals surface area contributed by atoms with Gasteiger partial charge in [-0.2, -0.15) is 0 Å². The predicted octanol–water partition coefficient (Wildman–Crippen LogP) is 4.26. The van der Waals surface area contributed by atoms with Gasteiger partial charge in [0.25, 0.3) is 0 Å². The summed E-state index contributed by atoms with van der Waals surface area (Å²) < 4.78 is 0. The third-order valence-electron chi connectivity index (χ3n) is 4.87. The van der Waals surface area contributed by atoms with Gasteiger partial charge in [0.15, 0.2) is 0 Å². The van der Waals surface area contributed by atoms with Gasteiger partial charge in [0.1, 0.15) is 12.6 Å². The van der Waals surface area contributed by atoms with E-state index in [0.29, 0.717) is 5.57 Å². The number of carbonyl (C=O) groups is 2. The van der Waals surface area contributed by atoms with Gasteiger partial charge in [0, 0.05) is 23.1 Å². The standard InChI is InChI=1S/C22H24N2O2/c1-16(14-25)6-5-12-24-13-11-19-18-7-3-4-8-20(18)23-22(19)21(24)10-9-17(2)15-26/h3-9,12,14-15,21,23H,10-11,13H2,1-2H3/b12-5+,16-6+,17-9+. The highest BCUT2D eigenvalue weighted by atomic mass is 16.1. The summed E-state index contributed by atoms with van der Waals surface area (Å²) in [6.07, 6.45) is 11.2. The largest absolute Gasteiger partial charge is 0.368 e. The molecular formula is C22H24N2O2. The molecule has 0 aliphatic carbocycles. The monoisotopic (exact) mass is 348 g/mol. The van der Waals surface area contributed by atoms with E-state index in [-0.39, 0.29) is 6.04 Å². The Labute approximate surface area is 153 Å². The maximum absolute atomic E-state index is 11.0. The van der Waals surface area contributed by atoms with Gasteiger partial charge in [-0.15, -0.1) is 0 Å². The molecule has 0 saturated carbocycles. The smallest absolute Gasteiger partial charge is 0.145 e. The van der Waals surface area contributed by atoms with Crippen molar-refractivity contribution in [1.82, 2.24) is 9.88 Å². The normalized spacial score (nSPS) is 18.4. The fourth-order valence-electron chi connectivity index (χ4n) is 3.46. The fraction of sp³-hybridized carbons (Fsp3) is 0.273. The lowest BCUT2D eigenvalue weighted by molar-refractivity contribution is -0.105. The molecule has 1 aliphatic heterocycles. The van der Waals surface area contributed by atoms with E-state index in [0.717, 1.165) is 43.0 Å². The molecule has 4 heteroatoms. The molecule has 4 nitrogen and oxygen atoms in total. The number of H-pyrrole nitrogens is 1. The minimum absolute atomic E-state index is 0.141. The van der Waals surface area contributed by atoms with Crippen molar-refractivity contribution in [3.63, 3.8) is 0 Å². The van der Waals surface area contributed by atoms with E-state index in [2.05, 4.69) is 28.1 Å². The SMILES string of the molecule is C/C(C=O)=C\C=C\N1CCc2c([nH]c3ccccc23)C1C/C=C(\C)C=O. The second-order valence-electron chi connectivity index (χ2n) is 6.74. The zero-order chi connectivity index (χ0) is 18.5. The van der Waals surface area contributed by atoms with E-state index in [1.165, 1.54) is 16.6 Å². The first-order chi connectivity index (χ1) is 12.6. The Morgan fingerprint density at radius 1 is 1.19 bits per heavy atom. The summed E-state index contributed by atoms with van der Waals surface area (Å²) in [7, 11) is 0. The van der Waals surface area contributed by atoms with E-state index in [1.807, 2.05) is 37.4 Å². The number of allylic oxidation sites excluding steroid dienone is 4. The summed E-state index contributed by atoms with van der Waals surface area (Å²) in [5.74, 6) is 0. The van der Waals surface area contributed by atoms with Crippen molar-refractivity contribution in [3.05, 3.63) is 71.1 Å². The van der Waals surface area contributed by atoms with E-state index in [4.69, 9.17) is 0 Å². The summed E-state index contributed by atoms with van der Waals surface area (Å²) in [4.78, 5) is 27.6.